The minimum atomic E-state index is -0.562. The first-order valence-electron chi connectivity index (χ1n) is 8.45. The van der Waals surface area contributed by atoms with Crippen LogP contribution in [0.25, 0.3) is 0 Å². The number of carbonyl (C=O) groups is 2. The van der Waals surface area contributed by atoms with E-state index in [1.54, 1.807) is 0 Å². The van der Waals surface area contributed by atoms with Gasteiger partial charge in [-0.3, -0.25) is 4.79 Å². The lowest BCUT2D eigenvalue weighted by molar-refractivity contribution is 0.0411. The molecule has 0 atom stereocenters. The number of carbonyl (C=O) groups excluding carboxylic acids is 2. The van der Waals surface area contributed by atoms with Gasteiger partial charge in [0.15, 0.2) is 0 Å². The molecular weight excluding hydrogens is 308 g/mol. The first-order valence-corrected chi connectivity index (χ1v) is 8.45. The van der Waals surface area contributed by atoms with Crippen molar-refractivity contribution in [1.82, 2.24) is 10.2 Å². The minimum absolute atomic E-state index is 0.102. The van der Waals surface area contributed by atoms with Gasteiger partial charge >= 0.3 is 5.97 Å². The summed E-state index contributed by atoms with van der Waals surface area (Å²) in [5, 5.41) is 13.2. The molecule has 0 bridgehead atoms. The van der Waals surface area contributed by atoms with Crippen LogP contribution in [0.4, 0.5) is 0 Å². The highest BCUT2D eigenvalue weighted by atomic mass is 16.5. The lowest BCUT2D eigenvalue weighted by Crippen LogP contribution is -2.50. The zero-order valence-corrected chi connectivity index (χ0v) is 14.0. The number of benzene rings is 1. The van der Waals surface area contributed by atoms with E-state index in [0.29, 0.717) is 5.56 Å². The van der Waals surface area contributed by atoms with E-state index in [1.165, 1.54) is 25.3 Å². The Morgan fingerprint density at radius 2 is 1.88 bits per heavy atom. The lowest BCUT2D eigenvalue weighted by Gasteiger charge is -2.45. The monoisotopic (exact) mass is 332 g/mol. The van der Waals surface area contributed by atoms with Crippen LogP contribution >= 0.6 is 0 Å². The van der Waals surface area contributed by atoms with Gasteiger partial charge in [0.1, 0.15) is 5.75 Å². The van der Waals surface area contributed by atoms with Gasteiger partial charge in [-0.05, 0) is 62.4 Å². The molecule has 1 amide bonds. The molecule has 1 aromatic rings. The largest absolute Gasteiger partial charge is 0.508 e. The standard InChI is InChI=1S/C18H24N2O4/c1-24-17(23)14-9-13(10-15(21)11-14)16(22)20-8-2-3-18(12-20)4-6-19-7-5-18/h9-11,19,21H,2-8,12H2,1H3. The summed E-state index contributed by atoms with van der Waals surface area (Å²) < 4.78 is 4.68. The van der Waals surface area contributed by atoms with Gasteiger partial charge in [0.2, 0.25) is 0 Å². The quantitative estimate of drug-likeness (QED) is 0.807. The van der Waals surface area contributed by atoms with Crippen molar-refractivity contribution in [2.24, 2.45) is 5.41 Å². The van der Waals surface area contributed by atoms with Crippen LogP contribution < -0.4 is 5.32 Å². The van der Waals surface area contributed by atoms with Crippen molar-refractivity contribution in [2.45, 2.75) is 25.7 Å². The molecule has 0 radical (unpaired) electrons. The van der Waals surface area contributed by atoms with E-state index in [0.717, 1.165) is 51.9 Å². The lowest BCUT2D eigenvalue weighted by atomic mass is 9.73. The Morgan fingerprint density at radius 3 is 2.58 bits per heavy atom. The zero-order chi connectivity index (χ0) is 17.2. The van der Waals surface area contributed by atoms with Gasteiger partial charge in [0.25, 0.3) is 5.91 Å². The third-order valence-electron chi connectivity index (χ3n) is 5.20. The maximum atomic E-state index is 12.9. The Bertz CT molecular complexity index is 632. The van der Waals surface area contributed by atoms with Gasteiger partial charge in [0.05, 0.1) is 12.7 Å². The first kappa shape index (κ1) is 16.8. The van der Waals surface area contributed by atoms with E-state index >= 15 is 0 Å². The normalized spacial score (nSPS) is 20.0. The Labute approximate surface area is 141 Å². The summed E-state index contributed by atoms with van der Waals surface area (Å²) in [4.78, 5) is 26.4. The van der Waals surface area contributed by atoms with Crippen molar-refractivity contribution >= 4 is 11.9 Å². The molecule has 6 nitrogen and oxygen atoms in total. The molecule has 2 N–H and O–H groups in total. The summed E-state index contributed by atoms with van der Waals surface area (Å²) in [6.45, 7) is 3.47. The number of nitrogens with zero attached hydrogens (tertiary/aromatic N) is 1. The molecule has 2 fully saturated rings. The molecular formula is C18H24N2O4. The number of phenolic OH excluding ortho intramolecular Hbond substituents is 1. The van der Waals surface area contributed by atoms with Crippen molar-refractivity contribution in [2.75, 3.05) is 33.3 Å². The molecule has 2 heterocycles. The third kappa shape index (κ3) is 3.38. The van der Waals surface area contributed by atoms with Gasteiger partial charge in [0, 0.05) is 18.7 Å². The summed E-state index contributed by atoms with van der Waals surface area (Å²) >= 11 is 0. The maximum Gasteiger partial charge on any atom is 0.338 e. The Hall–Kier alpha value is -2.08. The average molecular weight is 332 g/mol. The average Bonchev–Trinajstić information content (AvgIpc) is 2.60. The molecule has 130 valence electrons. The number of phenols is 1. The van der Waals surface area contributed by atoms with Crippen molar-refractivity contribution < 1.29 is 19.4 Å². The number of hydrogen-bond donors (Lipinski definition) is 2. The molecule has 0 unspecified atom stereocenters. The fourth-order valence-corrected chi connectivity index (χ4v) is 3.90. The Kier molecular flexibility index (Phi) is 4.76. The molecule has 1 spiro atoms. The van der Waals surface area contributed by atoms with Gasteiger partial charge in [-0.15, -0.1) is 0 Å². The Morgan fingerprint density at radius 1 is 1.17 bits per heavy atom. The highest BCUT2D eigenvalue weighted by molar-refractivity contribution is 5.98. The summed E-state index contributed by atoms with van der Waals surface area (Å²) in [6, 6.07) is 4.23. The predicted molar refractivity (Wildman–Crippen MR) is 89.1 cm³/mol. The number of hydrogen-bond acceptors (Lipinski definition) is 5. The smallest absolute Gasteiger partial charge is 0.338 e. The molecule has 2 saturated heterocycles. The molecule has 2 aliphatic heterocycles. The molecule has 3 rings (SSSR count). The molecule has 2 aliphatic rings. The summed E-state index contributed by atoms with van der Waals surface area (Å²) in [7, 11) is 1.28. The number of amides is 1. The van der Waals surface area contributed by atoms with Crippen LogP contribution in [-0.4, -0.2) is 55.2 Å². The second-order valence-corrected chi connectivity index (χ2v) is 6.84. The topological polar surface area (TPSA) is 78.9 Å². The summed E-state index contributed by atoms with van der Waals surface area (Å²) in [5.41, 5.74) is 0.733. The van der Waals surface area contributed by atoms with E-state index in [-0.39, 0.29) is 22.6 Å². The van der Waals surface area contributed by atoms with Gasteiger partial charge in [-0.2, -0.15) is 0 Å². The molecule has 0 aromatic heterocycles. The fourth-order valence-electron chi connectivity index (χ4n) is 3.90. The van der Waals surface area contributed by atoms with Crippen LogP contribution in [0.15, 0.2) is 18.2 Å². The number of likely N-dealkylation sites (tertiary alicyclic amines) is 1. The maximum absolute atomic E-state index is 12.9. The minimum Gasteiger partial charge on any atom is -0.508 e. The predicted octanol–water partition coefficient (Wildman–Crippen LogP) is 1.78. The SMILES string of the molecule is COC(=O)c1cc(O)cc(C(=O)N2CCCC3(CCNCC3)C2)c1. The molecule has 24 heavy (non-hydrogen) atoms. The first-order chi connectivity index (χ1) is 11.5. The van der Waals surface area contributed by atoms with Crippen LogP contribution in [0.1, 0.15) is 46.4 Å². The molecule has 1 aromatic carbocycles. The fraction of sp³-hybridized carbons (Fsp3) is 0.556. The van der Waals surface area contributed by atoms with E-state index < -0.39 is 5.97 Å². The number of nitrogens with one attached hydrogen (secondary N) is 1. The van der Waals surface area contributed by atoms with E-state index in [9.17, 15) is 14.7 Å². The molecule has 6 heteroatoms. The van der Waals surface area contributed by atoms with E-state index in [1.807, 2.05) is 4.90 Å². The second-order valence-electron chi connectivity index (χ2n) is 6.84. The molecule has 0 aliphatic carbocycles. The van der Waals surface area contributed by atoms with E-state index in [4.69, 9.17) is 0 Å². The van der Waals surface area contributed by atoms with Crippen LogP contribution in [0.3, 0.4) is 0 Å². The number of ether oxygens (including phenoxy) is 1. The van der Waals surface area contributed by atoms with Crippen molar-refractivity contribution in [1.29, 1.82) is 0 Å². The van der Waals surface area contributed by atoms with Crippen molar-refractivity contribution in [3.05, 3.63) is 29.3 Å². The van der Waals surface area contributed by atoms with Gasteiger partial charge in [-0.25, -0.2) is 4.79 Å². The van der Waals surface area contributed by atoms with Gasteiger partial charge < -0.3 is 20.1 Å². The zero-order valence-electron chi connectivity index (χ0n) is 14.0. The highest BCUT2D eigenvalue weighted by Crippen LogP contribution is 2.38. The van der Waals surface area contributed by atoms with Crippen LogP contribution in [0.2, 0.25) is 0 Å². The summed E-state index contributed by atoms with van der Waals surface area (Å²) in [6.07, 6.45) is 4.33. The van der Waals surface area contributed by atoms with Gasteiger partial charge in [-0.1, -0.05) is 0 Å². The summed E-state index contributed by atoms with van der Waals surface area (Å²) in [5.74, 6) is -0.795. The number of piperidine rings is 2. The van der Waals surface area contributed by atoms with Crippen LogP contribution in [0.5, 0.6) is 5.75 Å². The Balaban J connectivity index is 1.80. The number of rotatable bonds is 2. The number of methoxy groups -OCH3 is 1. The third-order valence-corrected chi connectivity index (χ3v) is 5.20. The number of esters is 1. The second kappa shape index (κ2) is 6.81. The molecule has 0 saturated carbocycles. The highest BCUT2D eigenvalue weighted by Gasteiger charge is 2.38. The van der Waals surface area contributed by atoms with Crippen LogP contribution in [-0.2, 0) is 4.74 Å². The number of aromatic hydroxyl groups is 1. The van der Waals surface area contributed by atoms with Crippen molar-refractivity contribution in [3.63, 3.8) is 0 Å². The van der Waals surface area contributed by atoms with Crippen molar-refractivity contribution in [3.8, 4) is 5.75 Å². The van der Waals surface area contributed by atoms with E-state index in [2.05, 4.69) is 10.1 Å². The van der Waals surface area contributed by atoms with Crippen LogP contribution in [0, 0.1) is 5.41 Å².